The van der Waals surface area contributed by atoms with Gasteiger partial charge < -0.3 is 34.4 Å². The quantitative estimate of drug-likeness (QED) is 0.162. The van der Waals surface area contributed by atoms with Crippen molar-refractivity contribution in [2.45, 2.75) is 88.4 Å². The van der Waals surface area contributed by atoms with E-state index in [9.17, 15) is 24.3 Å². The maximum Gasteiger partial charge on any atom is 0.313 e. The summed E-state index contributed by atoms with van der Waals surface area (Å²) in [7, 11) is 1.51. The summed E-state index contributed by atoms with van der Waals surface area (Å²) in [4.78, 5) is 60.4. The van der Waals surface area contributed by atoms with Gasteiger partial charge in [-0.2, -0.15) is 0 Å². The van der Waals surface area contributed by atoms with Crippen LogP contribution < -0.4 is 5.32 Å². The molecule has 280 valence electrons. The van der Waals surface area contributed by atoms with E-state index >= 15 is 0 Å². The van der Waals surface area contributed by atoms with E-state index in [1.165, 1.54) is 12.0 Å². The molecule has 0 saturated carbocycles. The van der Waals surface area contributed by atoms with E-state index in [2.05, 4.69) is 18.5 Å². The second kappa shape index (κ2) is 17.5. The van der Waals surface area contributed by atoms with Crippen LogP contribution in [0.15, 0.2) is 86.0 Å². The highest BCUT2D eigenvalue weighted by molar-refractivity contribution is 5.98. The summed E-state index contributed by atoms with van der Waals surface area (Å²) >= 11 is 0. The highest BCUT2D eigenvalue weighted by Gasteiger charge is 2.76. The van der Waals surface area contributed by atoms with Crippen molar-refractivity contribution in [3.63, 3.8) is 0 Å². The number of amides is 3. The van der Waals surface area contributed by atoms with Gasteiger partial charge in [-0.25, -0.2) is 0 Å². The maximum atomic E-state index is 14.9. The van der Waals surface area contributed by atoms with Crippen LogP contribution in [0, 0.1) is 17.8 Å². The van der Waals surface area contributed by atoms with Gasteiger partial charge >= 0.3 is 5.97 Å². The van der Waals surface area contributed by atoms with Crippen molar-refractivity contribution in [3.05, 3.63) is 97.1 Å². The number of carbonyl (C=O) groups is 4. The van der Waals surface area contributed by atoms with Gasteiger partial charge in [0.05, 0.1) is 43.2 Å². The van der Waals surface area contributed by atoms with E-state index in [1.54, 1.807) is 17.1 Å². The molecule has 3 heterocycles. The van der Waals surface area contributed by atoms with Crippen molar-refractivity contribution in [2.75, 3.05) is 26.9 Å². The Bertz CT molecular complexity index is 1570. The first kappa shape index (κ1) is 38.9. The van der Waals surface area contributed by atoms with Gasteiger partial charge in [-0.1, -0.05) is 93.1 Å². The molecule has 3 fully saturated rings. The van der Waals surface area contributed by atoms with E-state index in [-0.39, 0.29) is 50.5 Å². The van der Waals surface area contributed by atoms with Gasteiger partial charge in [0.1, 0.15) is 17.7 Å². The number of nitrogens with one attached hydrogen (secondary N) is 1. The van der Waals surface area contributed by atoms with Gasteiger partial charge in [-0.15, -0.1) is 13.2 Å². The Labute approximate surface area is 307 Å². The zero-order chi connectivity index (χ0) is 37.4. The predicted molar refractivity (Wildman–Crippen MR) is 195 cm³/mol. The number of nitrogens with zero attached hydrogens (tertiary/aromatic N) is 2. The van der Waals surface area contributed by atoms with Crippen LogP contribution in [0.5, 0.6) is 0 Å². The highest BCUT2D eigenvalue weighted by atomic mass is 16.6. The van der Waals surface area contributed by atoms with Crippen LogP contribution in [0.2, 0.25) is 0 Å². The molecule has 5 rings (SSSR count). The van der Waals surface area contributed by atoms with Gasteiger partial charge in [0, 0.05) is 26.6 Å². The minimum absolute atomic E-state index is 0.0571. The zero-order valence-corrected chi connectivity index (χ0v) is 30.5. The second-order valence-electron chi connectivity index (χ2n) is 14.2. The topological polar surface area (TPSA) is 135 Å². The number of rotatable bonds is 19. The fourth-order valence-corrected chi connectivity index (χ4v) is 8.30. The summed E-state index contributed by atoms with van der Waals surface area (Å²) in [6.07, 6.45) is 3.89. The molecule has 2 N–H and O–H groups in total. The van der Waals surface area contributed by atoms with Crippen LogP contribution in [0.3, 0.4) is 0 Å². The SMILES string of the molecule is C=CCCC(=O)N[C@H](COC)[C@H](OC(=O)[C@@H]1[C@H]2C(=O)N([C@@H](CO)[C@@H](C)CC)[C@H](C(=O)N(CC=C)Cc3ccccc3)[C@]23CC[C@H]1O3)c1ccccc1. The number of allylic oxidation sites excluding steroid dienone is 1. The van der Waals surface area contributed by atoms with E-state index in [0.717, 1.165) is 5.56 Å². The third-order valence-corrected chi connectivity index (χ3v) is 11.0. The lowest BCUT2D eigenvalue weighted by atomic mass is 9.70. The average molecular weight is 716 g/mol. The largest absolute Gasteiger partial charge is 0.455 e. The van der Waals surface area contributed by atoms with E-state index in [1.807, 2.05) is 74.5 Å². The summed E-state index contributed by atoms with van der Waals surface area (Å²) in [5.41, 5.74) is 0.258. The fourth-order valence-electron chi connectivity index (χ4n) is 8.30. The number of carbonyl (C=O) groups excluding carboxylic acids is 4. The Balaban J connectivity index is 1.52. The van der Waals surface area contributed by atoms with Crippen LogP contribution in [-0.4, -0.2) is 95.3 Å². The molecule has 2 aromatic rings. The van der Waals surface area contributed by atoms with Crippen molar-refractivity contribution < 1.29 is 38.5 Å². The van der Waals surface area contributed by atoms with Crippen LogP contribution in [0.1, 0.15) is 63.2 Å². The summed E-state index contributed by atoms with van der Waals surface area (Å²) in [6.45, 7) is 11.7. The van der Waals surface area contributed by atoms with Gasteiger partial charge in [-0.05, 0) is 36.3 Å². The third-order valence-electron chi connectivity index (χ3n) is 11.0. The van der Waals surface area contributed by atoms with E-state index in [0.29, 0.717) is 31.2 Å². The van der Waals surface area contributed by atoms with Gasteiger partial charge in [-0.3, -0.25) is 19.2 Å². The number of aliphatic hydroxyl groups is 1. The Hall–Kier alpha value is -4.32. The molecule has 0 radical (unpaired) electrons. The molecule has 9 atom stereocenters. The zero-order valence-electron chi connectivity index (χ0n) is 30.5. The van der Waals surface area contributed by atoms with Crippen LogP contribution >= 0.6 is 0 Å². The van der Waals surface area contributed by atoms with Crippen molar-refractivity contribution in [1.82, 2.24) is 15.1 Å². The molecule has 3 saturated heterocycles. The summed E-state index contributed by atoms with van der Waals surface area (Å²) in [6, 6.07) is 16.2. The number of ether oxygens (including phenoxy) is 3. The number of likely N-dealkylation sites (tertiary alicyclic amines) is 1. The Morgan fingerprint density at radius 1 is 1.12 bits per heavy atom. The second-order valence-corrected chi connectivity index (χ2v) is 14.2. The molecular formula is C41H53N3O8. The minimum atomic E-state index is -1.30. The number of fused-ring (bicyclic) bond motifs is 1. The molecule has 0 aromatic heterocycles. The number of methoxy groups -OCH3 is 1. The number of aliphatic hydroxyl groups excluding tert-OH is 1. The molecule has 11 nitrogen and oxygen atoms in total. The molecule has 3 amide bonds. The number of hydrogen-bond acceptors (Lipinski definition) is 8. The Kier molecular flexibility index (Phi) is 13.1. The molecule has 2 bridgehead atoms. The number of benzene rings is 2. The smallest absolute Gasteiger partial charge is 0.313 e. The van der Waals surface area contributed by atoms with Crippen molar-refractivity contribution in [3.8, 4) is 0 Å². The Morgan fingerprint density at radius 2 is 1.81 bits per heavy atom. The van der Waals surface area contributed by atoms with E-state index in [4.69, 9.17) is 14.2 Å². The van der Waals surface area contributed by atoms with Crippen LogP contribution in [0.25, 0.3) is 0 Å². The summed E-state index contributed by atoms with van der Waals surface area (Å²) in [5, 5.41) is 13.7. The van der Waals surface area contributed by atoms with Gasteiger partial charge in [0.15, 0.2) is 0 Å². The lowest BCUT2D eigenvalue weighted by Gasteiger charge is -2.41. The maximum absolute atomic E-state index is 14.9. The summed E-state index contributed by atoms with van der Waals surface area (Å²) in [5.74, 6) is -3.78. The lowest BCUT2D eigenvalue weighted by Crippen LogP contribution is -2.59. The monoisotopic (exact) mass is 715 g/mol. The summed E-state index contributed by atoms with van der Waals surface area (Å²) < 4.78 is 18.5. The minimum Gasteiger partial charge on any atom is -0.455 e. The molecule has 3 aliphatic heterocycles. The predicted octanol–water partition coefficient (Wildman–Crippen LogP) is 4.36. The first-order valence-corrected chi connectivity index (χ1v) is 18.3. The van der Waals surface area contributed by atoms with Crippen molar-refractivity contribution in [2.24, 2.45) is 17.8 Å². The lowest BCUT2D eigenvalue weighted by molar-refractivity contribution is -0.164. The van der Waals surface area contributed by atoms with Gasteiger partial charge in [0.25, 0.3) is 0 Å². The standard InChI is InChI=1S/C41H53N3O8/c1-6-9-20-33(46)42-30(26-50-5)36(29-18-14-11-15-19-29)51-40(49)34-32-21-22-41(52-32)35(34)38(47)44(31(25-45)27(4)8-3)37(41)39(48)43(23-7-2)24-28-16-12-10-13-17-28/h6-7,10-19,27,30-32,34-37,45H,1-2,8-9,20-26H2,3-5H3,(H,42,46)/t27-,30+,31-,32+,34-,35-,36+,37+,41-/m0/s1. The average Bonchev–Trinajstić information content (AvgIpc) is 3.81. The molecule has 0 unspecified atom stereocenters. The number of esters is 1. The van der Waals surface area contributed by atoms with Gasteiger partial charge in [0.2, 0.25) is 17.7 Å². The normalized spacial score (nSPS) is 25.5. The molecule has 0 aliphatic carbocycles. The molecule has 52 heavy (non-hydrogen) atoms. The molecule has 3 aliphatic rings. The van der Waals surface area contributed by atoms with E-state index < -0.39 is 59.6 Å². The number of hydrogen-bond donors (Lipinski definition) is 2. The van der Waals surface area contributed by atoms with Crippen molar-refractivity contribution in [1.29, 1.82) is 0 Å². The molecule has 1 spiro atoms. The third kappa shape index (κ3) is 7.72. The first-order chi connectivity index (χ1) is 25.1. The molecule has 2 aromatic carbocycles. The van der Waals surface area contributed by atoms with Crippen molar-refractivity contribution >= 4 is 23.7 Å². The Morgan fingerprint density at radius 3 is 2.42 bits per heavy atom. The highest BCUT2D eigenvalue weighted by Crippen LogP contribution is 2.59. The first-order valence-electron chi connectivity index (χ1n) is 18.3. The fraction of sp³-hybridized carbons (Fsp3) is 0.512. The van der Waals surface area contributed by atoms with Crippen LogP contribution in [0.4, 0.5) is 0 Å². The van der Waals surface area contributed by atoms with Crippen LogP contribution in [-0.2, 0) is 39.9 Å². The molecular weight excluding hydrogens is 662 g/mol. The molecule has 11 heteroatoms.